The molecule has 4 aliphatic rings. The minimum Gasteiger partial charge on any atom is -0.396 e. The molecule has 6 heteroatoms. The van der Waals surface area contributed by atoms with Crippen molar-refractivity contribution in [3.8, 4) is 0 Å². The maximum Gasteiger partial charge on any atom is 0.157 e. The lowest BCUT2D eigenvalue weighted by molar-refractivity contribution is -0.231. The minimum absolute atomic E-state index is 0.0227. The zero-order chi connectivity index (χ0) is 22.2. The third-order valence-electron chi connectivity index (χ3n) is 10.4. The van der Waals surface area contributed by atoms with Crippen LogP contribution in [0.25, 0.3) is 0 Å². The van der Waals surface area contributed by atoms with Crippen LogP contribution in [0.5, 0.6) is 0 Å². The lowest BCUT2D eigenvalue weighted by atomic mass is 9.42. The number of aromatic nitrogens is 2. The summed E-state index contributed by atoms with van der Waals surface area (Å²) >= 11 is 0. The minimum atomic E-state index is -0.688. The zero-order valence-corrected chi connectivity index (χ0v) is 19.3. The van der Waals surface area contributed by atoms with Crippen molar-refractivity contribution in [3.05, 3.63) is 12.4 Å². The molecule has 0 saturated heterocycles. The molecule has 4 N–H and O–H groups in total. The second kappa shape index (κ2) is 6.80. The summed E-state index contributed by atoms with van der Waals surface area (Å²) in [6.07, 6.45) is 11.5. The molecule has 6 nitrogen and oxygen atoms in total. The van der Waals surface area contributed by atoms with Gasteiger partial charge in [0.25, 0.3) is 0 Å². The van der Waals surface area contributed by atoms with E-state index in [-0.39, 0.29) is 40.9 Å². The van der Waals surface area contributed by atoms with E-state index in [9.17, 15) is 15.0 Å². The molecule has 31 heavy (non-hydrogen) atoms. The van der Waals surface area contributed by atoms with Crippen molar-refractivity contribution in [3.63, 3.8) is 0 Å². The molecule has 1 aromatic rings. The van der Waals surface area contributed by atoms with Crippen molar-refractivity contribution in [2.45, 2.75) is 96.3 Å². The van der Waals surface area contributed by atoms with E-state index < -0.39 is 11.2 Å². The summed E-state index contributed by atoms with van der Waals surface area (Å²) in [6.45, 7) is 6.88. The molecule has 172 valence electrons. The Balaban J connectivity index is 1.39. The Bertz CT molecular complexity index is 881. The second-order valence-corrected chi connectivity index (χ2v) is 12.2. The number of fused-ring (bicyclic) bond motifs is 5. The van der Waals surface area contributed by atoms with Crippen molar-refractivity contribution in [2.75, 3.05) is 5.73 Å². The van der Waals surface area contributed by atoms with E-state index in [2.05, 4.69) is 18.9 Å². The van der Waals surface area contributed by atoms with Gasteiger partial charge in [0.15, 0.2) is 5.78 Å². The van der Waals surface area contributed by atoms with Crippen LogP contribution in [0.2, 0.25) is 0 Å². The lowest BCUT2D eigenvalue weighted by Gasteiger charge is -2.65. The summed E-state index contributed by atoms with van der Waals surface area (Å²) < 4.78 is 1.65. The number of hydrogen-bond acceptors (Lipinski definition) is 5. The molecule has 0 bridgehead atoms. The molecule has 1 aromatic heterocycles. The van der Waals surface area contributed by atoms with Crippen LogP contribution >= 0.6 is 0 Å². The molecule has 1 heterocycles. The SMILES string of the molecule is C[C@@]1(O)CC[C@@]2(C)[C@H](CC[C@]3(O)[C@@H]2CC[C@]2(C)[C@@H](C(=O)Cn4cc(N)cn4)CC[C@H]23)C1. The standard InChI is InChI=1S/C25H39N3O3/c1-22(30)10-11-23(2)16(12-22)6-9-25(31)20-5-4-18(24(20,3)8-7-21(23)25)19(29)15-28-14-17(26)13-27-28/h13-14,16,18,20-21,30-31H,4-12,15,26H2,1-3H3/t16-,18-,20-,21-,22-,23+,24-,25-/m1/s1. The van der Waals surface area contributed by atoms with Crippen molar-refractivity contribution < 1.29 is 15.0 Å². The maximum atomic E-state index is 13.3. The Morgan fingerprint density at radius 1 is 1.06 bits per heavy atom. The van der Waals surface area contributed by atoms with Crippen molar-refractivity contribution in [1.82, 2.24) is 9.78 Å². The van der Waals surface area contributed by atoms with E-state index >= 15 is 0 Å². The molecule has 4 aliphatic carbocycles. The van der Waals surface area contributed by atoms with Crippen LogP contribution in [0.3, 0.4) is 0 Å². The highest BCUT2D eigenvalue weighted by Gasteiger charge is 2.67. The number of Topliss-reactive ketones (excluding diaryl/α,β-unsaturated/α-hetero) is 1. The molecule has 0 aliphatic heterocycles. The molecule has 4 fully saturated rings. The fourth-order valence-electron chi connectivity index (χ4n) is 8.77. The first-order chi connectivity index (χ1) is 14.5. The molecule has 0 unspecified atom stereocenters. The van der Waals surface area contributed by atoms with Gasteiger partial charge in [0, 0.05) is 12.1 Å². The predicted molar refractivity (Wildman–Crippen MR) is 119 cm³/mol. The van der Waals surface area contributed by atoms with Gasteiger partial charge in [0.1, 0.15) is 0 Å². The second-order valence-electron chi connectivity index (χ2n) is 12.2. The van der Waals surface area contributed by atoms with E-state index in [4.69, 9.17) is 5.73 Å². The Labute approximate surface area is 185 Å². The first-order valence-electron chi connectivity index (χ1n) is 12.2. The van der Waals surface area contributed by atoms with Gasteiger partial charge in [-0.1, -0.05) is 13.8 Å². The monoisotopic (exact) mass is 429 g/mol. The van der Waals surface area contributed by atoms with Crippen LogP contribution in [0.15, 0.2) is 12.4 Å². The van der Waals surface area contributed by atoms with E-state index in [1.54, 1.807) is 17.1 Å². The van der Waals surface area contributed by atoms with Crippen molar-refractivity contribution in [1.29, 1.82) is 0 Å². The van der Waals surface area contributed by atoms with E-state index in [1.165, 1.54) is 0 Å². The first-order valence-corrected chi connectivity index (χ1v) is 12.2. The molecular weight excluding hydrogens is 390 g/mol. The number of carbonyl (C=O) groups excluding carboxylic acids is 1. The van der Waals surface area contributed by atoms with E-state index in [0.29, 0.717) is 11.6 Å². The third-order valence-corrected chi connectivity index (χ3v) is 10.4. The highest BCUT2D eigenvalue weighted by atomic mass is 16.3. The number of anilines is 1. The van der Waals surface area contributed by atoms with Gasteiger partial charge in [0.2, 0.25) is 0 Å². The van der Waals surface area contributed by atoms with Crippen molar-refractivity contribution in [2.24, 2.45) is 34.5 Å². The van der Waals surface area contributed by atoms with Crippen molar-refractivity contribution >= 4 is 11.5 Å². The molecule has 0 aromatic carbocycles. The van der Waals surface area contributed by atoms with Gasteiger partial charge in [0.05, 0.1) is 29.6 Å². The molecule has 0 spiro atoms. The number of aliphatic hydroxyl groups is 2. The lowest BCUT2D eigenvalue weighted by Crippen LogP contribution is -2.64. The van der Waals surface area contributed by atoms with Crippen LogP contribution in [-0.2, 0) is 11.3 Å². The maximum absolute atomic E-state index is 13.3. The van der Waals surface area contributed by atoms with Gasteiger partial charge in [-0.15, -0.1) is 0 Å². The molecular formula is C25H39N3O3. The normalized spacial score (nSPS) is 49.2. The van der Waals surface area contributed by atoms with E-state index in [1.807, 2.05) is 6.92 Å². The molecule has 0 radical (unpaired) electrons. The highest BCUT2D eigenvalue weighted by Crippen LogP contribution is 2.69. The summed E-state index contributed by atoms with van der Waals surface area (Å²) in [5, 5.41) is 27.1. The van der Waals surface area contributed by atoms with E-state index in [0.717, 1.165) is 57.8 Å². The summed E-state index contributed by atoms with van der Waals surface area (Å²) in [5.74, 6) is 1.13. The van der Waals surface area contributed by atoms with Gasteiger partial charge in [-0.2, -0.15) is 5.10 Å². The average Bonchev–Trinajstić information content (AvgIpc) is 3.25. The summed E-state index contributed by atoms with van der Waals surface area (Å²) in [7, 11) is 0. The van der Waals surface area contributed by atoms with Gasteiger partial charge in [-0.05, 0) is 93.3 Å². The number of hydrogen-bond donors (Lipinski definition) is 3. The van der Waals surface area contributed by atoms with Gasteiger partial charge >= 0.3 is 0 Å². The van der Waals surface area contributed by atoms with Crippen LogP contribution in [0.1, 0.15) is 78.6 Å². The fraction of sp³-hybridized carbons (Fsp3) is 0.840. The zero-order valence-electron chi connectivity index (χ0n) is 19.3. The number of rotatable bonds is 3. The smallest absolute Gasteiger partial charge is 0.157 e. The fourth-order valence-corrected chi connectivity index (χ4v) is 8.77. The summed E-state index contributed by atoms with van der Waals surface area (Å²) in [4.78, 5) is 13.3. The number of carbonyl (C=O) groups is 1. The summed E-state index contributed by atoms with van der Waals surface area (Å²) in [5.41, 5.74) is 5.03. The average molecular weight is 430 g/mol. The Morgan fingerprint density at radius 3 is 2.52 bits per heavy atom. The van der Waals surface area contributed by atoms with Crippen LogP contribution in [0, 0.1) is 34.5 Å². The highest BCUT2D eigenvalue weighted by molar-refractivity contribution is 5.82. The van der Waals surface area contributed by atoms with Crippen LogP contribution < -0.4 is 5.73 Å². The molecule has 0 amide bonds. The Kier molecular flexibility index (Phi) is 4.70. The van der Waals surface area contributed by atoms with Gasteiger partial charge in [-0.25, -0.2) is 0 Å². The van der Waals surface area contributed by atoms with Gasteiger partial charge < -0.3 is 15.9 Å². The largest absolute Gasteiger partial charge is 0.396 e. The molecule has 5 rings (SSSR count). The van der Waals surface area contributed by atoms with Crippen LogP contribution in [-0.4, -0.2) is 37.0 Å². The quantitative estimate of drug-likeness (QED) is 0.682. The Morgan fingerprint density at radius 2 is 1.81 bits per heavy atom. The van der Waals surface area contributed by atoms with Crippen LogP contribution in [0.4, 0.5) is 5.69 Å². The Hall–Kier alpha value is -1.40. The third kappa shape index (κ3) is 3.12. The number of nitrogens with zero attached hydrogens (tertiary/aromatic N) is 2. The number of ketones is 1. The number of nitrogens with two attached hydrogens (primary N) is 1. The van der Waals surface area contributed by atoms with Gasteiger partial charge in [-0.3, -0.25) is 9.48 Å². The molecule has 8 atom stereocenters. The molecule has 4 saturated carbocycles. The topological polar surface area (TPSA) is 101 Å². The first kappa shape index (κ1) is 21.4. The predicted octanol–water partition coefficient (Wildman–Crippen LogP) is 3.56. The summed E-state index contributed by atoms with van der Waals surface area (Å²) in [6, 6.07) is 0. The number of nitrogen functional groups attached to an aromatic ring is 1.